The van der Waals surface area contributed by atoms with Crippen molar-refractivity contribution >= 4 is 5.82 Å². The van der Waals surface area contributed by atoms with Crippen LogP contribution >= 0.6 is 0 Å². The zero-order chi connectivity index (χ0) is 15.6. The molecule has 1 heterocycles. The van der Waals surface area contributed by atoms with Gasteiger partial charge in [0.2, 0.25) is 0 Å². The maximum absolute atomic E-state index is 13.5. The minimum atomic E-state index is -0.257. The molecule has 0 amide bonds. The molecule has 21 heavy (non-hydrogen) atoms. The van der Waals surface area contributed by atoms with Gasteiger partial charge in [-0.15, -0.1) is 0 Å². The first kappa shape index (κ1) is 15.4. The van der Waals surface area contributed by atoms with Gasteiger partial charge in [-0.05, 0) is 26.0 Å². The summed E-state index contributed by atoms with van der Waals surface area (Å²) in [6.07, 6.45) is 0. The molecule has 0 aliphatic rings. The van der Waals surface area contributed by atoms with Crippen LogP contribution in [0.4, 0.5) is 10.2 Å². The van der Waals surface area contributed by atoms with Crippen LogP contribution < -0.4 is 5.32 Å². The third-order valence-corrected chi connectivity index (χ3v) is 3.26. The highest BCUT2D eigenvalue weighted by Crippen LogP contribution is 2.29. The van der Waals surface area contributed by atoms with E-state index in [0.717, 1.165) is 35.0 Å². The van der Waals surface area contributed by atoms with Gasteiger partial charge in [0.15, 0.2) is 0 Å². The molecule has 1 N–H and O–H groups in total. The van der Waals surface area contributed by atoms with Crippen molar-refractivity contribution in [2.75, 3.05) is 11.9 Å². The van der Waals surface area contributed by atoms with E-state index in [1.807, 2.05) is 19.9 Å². The van der Waals surface area contributed by atoms with Crippen LogP contribution in [0, 0.1) is 12.7 Å². The van der Waals surface area contributed by atoms with Crippen molar-refractivity contribution in [1.29, 1.82) is 0 Å². The summed E-state index contributed by atoms with van der Waals surface area (Å²) in [5.74, 6) is 1.31. The Labute approximate surface area is 125 Å². The summed E-state index contributed by atoms with van der Waals surface area (Å²) in [4.78, 5) is 9.31. The molecule has 4 heteroatoms. The molecule has 1 aromatic carbocycles. The average molecular weight is 287 g/mol. The van der Waals surface area contributed by atoms with Crippen molar-refractivity contribution in [3.8, 4) is 11.3 Å². The monoisotopic (exact) mass is 287 g/mol. The average Bonchev–Trinajstić information content (AvgIpc) is 2.40. The lowest BCUT2D eigenvalue weighted by molar-refractivity contribution is 0.546. The summed E-state index contributed by atoms with van der Waals surface area (Å²) in [6, 6.07) is 6.53. The van der Waals surface area contributed by atoms with E-state index in [2.05, 4.69) is 36.1 Å². The number of nitrogens with zero attached hydrogens (tertiary/aromatic N) is 2. The molecule has 1 aromatic heterocycles. The van der Waals surface area contributed by atoms with Crippen LogP contribution in [0.5, 0.6) is 0 Å². The Kier molecular flexibility index (Phi) is 4.26. The van der Waals surface area contributed by atoms with Crippen molar-refractivity contribution < 1.29 is 4.39 Å². The van der Waals surface area contributed by atoms with Gasteiger partial charge >= 0.3 is 0 Å². The van der Waals surface area contributed by atoms with Crippen molar-refractivity contribution in [3.05, 3.63) is 41.5 Å². The van der Waals surface area contributed by atoms with Gasteiger partial charge in [-0.2, -0.15) is 0 Å². The van der Waals surface area contributed by atoms with Crippen molar-refractivity contribution in [3.63, 3.8) is 0 Å². The fraction of sp³-hybridized carbons (Fsp3) is 0.412. The summed E-state index contributed by atoms with van der Waals surface area (Å²) in [7, 11) is 0. The van der Waals surface area contributed by atoms with Crippen molar-refractivity contribution in [2.24, 2.45) is 0 Å². The van der Waals surface area contributed by atoms with Crippen molar-refractivity contribution in [1.82, 2.24) is 9.97 Å². The Morgan fingerprint density at radius 1 is 1.19 bits per heavy atom. The van der Waals surface area contributed by atoms with E-state index in [0.29, 0.717) is 0 Å². The van der Waals surface area contributed by atoms with Crippen LogP contribution in [-0.4, -0.2) is 16.5 Å². The molecule has 0 radical (unpaired) electrons. The molecule has 0 fully saturated rings. The smallest absolute Gasteiger partial charge is 0.136 e. The van der Waals surface area contributed by atoms with E-state index in [9.17, 15) is 4.39 Å². The molecule has 112 valence electrons. The van der Waals surface area contributed by atoms with Gasteiger partial charge in [-0.3, -0.25) is 0 Å². The Morgan fingerprint density at radius 3 is 2.48 bits per heavy atom. The molecule has 0 spiro atoms. The molecule has 0 saturated heterocycles. The van der Waals surface area contributed by atoms with Crippen LogP contribution in [0.3, 0.4) is 0 Å². The quantitative estimate of drug-likeness (QED) is 0.913. The second-order valence-corrected chi connectivity index (χ2v) is 6.16. The van der Waals surface area contributed by atoms with Gasteiger partial charge in [0, 0.05) is 23.1 Å². The van der Waals surface area contributed by atoms with Crippen LogP contribution in [0.25, 0.3) is 11.3 Å². The number of halogens is 1. The topological polar surface area (TPSA) is 37.8 Å². The first-order valence-corrected chi connectivity index (χ1v) is 7.22. The van der Waals surface area contributed by atoms with Crippen LogP contribution in [0.2, 0.25) is 0 Å². The number of hydrogen-bond donors (Lipinski definition) is 1. The van der Waals surface area contributed by atoms with Crippen LogP contribution in [0.1, 0.15) is 39.1 Å². The highest BCUT2D eigenvalue weighted by molar-refractivity contribution is 5.68. The van der Waals surface area contributed by atoms with E-state index >= 15 is 0 Å². The van der Waals surface area contributed by atoms with Gasteiger partial charge in [0.1, 0.15) is 17.5 Å². The minimum absolute atomic E-state index is 0.167. The predicted molar refractivity (Wildman–Crippen MR) is 85.0 cm³/mol. The first-order chi connectivity index (χ1) is 9.82. The summed E-state index contributed by atoms with van der Waals surface area (Å²) in [5, 5.41) is 3.27. The fourth-order valence-electron chi connectivity index (χ4n) is 2.11. The zero-order valence-electron chi connectivity index (χ0n) is 13.3. The highest BCUT2D eigenvalue weighted by Gasteiger charge is 2.21. The maximum Gasteiger partial charge on any atom is 0.136 e. The normalized spacial score (nSPS) is 11.5. The lowest BCUT2D eigenvalue weighted by Crippen LogP contribution is -2.19. The third-order valence-electron chi connectivity index (χ3n) is 3.26. The maximum atomic E-state index is 13.5. The predicted octanol–water partition coefficient (Wildman–Crippen LogP) is 4.32. The molecule has 0 saturated carbocycles. The van der Waals surface area contributed by atoms with Crippen LogP contribution in [-0.2, 0) is 5.41 Å². The van der Waals surface area contributed by atoms with E-state index < -0.39 is 0 Å². The summed E-state index contributed by atoms with van der Waals surface area (Å²) in [6.45, 7) is 11.0. The SMILES string of the molecule is CCNc1nc(C(C)(C)C)nc(-c2cccc(F)c2)c1C. The molecule has 0 bridgehead atoms. The Hall–Kier alpha value is -1.97. The molecule has 0 aliphatic carbocycles. The molecule has 0 atom stereocenters. The van der Waals surface area contributed by atoms with Gasteiger partial charge in [0.25, 0.3) is 0 Å². The Bertz CT molecular complexity index is 645. The fourth-order valence-corrected chi connectivity index (χ4v) is 2.11. The Morgan fingerprint density at radius 2 is 1.90 bits per heavy atom. The summed E-state index contributed by atoms with van der Waals surface area (Å²) >= 11 is 0. The van der Waals surface area contributed by atoms with E-state index in [4.69, 9.17) is 0 Å². The first-order valence-electron chi connectivity index (χ1n) is 7.22. The standard InChI is InChI=1S/C17H22FN3/c1-6-19-15-11(2)14(12-8-7-9-13(18)10-12)20-16(21-15)17(3,4)5/h7-10H,6H2,1-5H3,(H,19,20,21). The summed E-state index contributed by atoms with van der Waals surface area (Å²) in [5.41, 5.74) is 2.33. The van der Waals surface area contributed by atoms with E-state index in [1.54, 1.807) is 6.07 Å². The molecule has 3 nitrogen and oxygen atoms in total. The molecule has 0 aliphatic heterocycles. The number of hydrogen-bond acceptors (Lipinski definition) is 3. The number of aromatic nitrogens is 2. The van der Waals surface area contributed by atoms with E-state index in [1.165, 1.54) is 12.1 Å². The second kappa shape index (κ2) is 5.80. The largest absolute Gasteiger partial charge is 0.370 e. The number of anilines is 1. The number of nitrogens with one attached hydrogen (secondary N) is 1. The zero-order valence-corrected chi connectivity index (χ0v) is 13.3. The van der Waals surface area contributed by atoms with Crippen molar-refractivity contribution in [2.45, 2.75) is 40.0 Å². The van der Waals surface area contributed by atoms with Gasteiger partial charge in [-0.25, -0.2) is 14.4 Å². The molecular formula is C17H22FN3. The van der Waals surface area contributed by atoms with Gasteiger partial charge < -0.3 is 5.32 Å². The second-order valence-electron chi connectivity index (χ2n) is 6.16. The number of rotatable bonds is 3. The molecule has 0 unspecified atom stereocenters. The minimum Gasteiger partial charge on any atom is -0.370 e. The third kappa shape index (κ3) is 3.38. The molecule has 2 rings (SSSR count). The molecule has 2 aromatic rings. The van der Waals surface area contributed by atoms with Gasteiger partial charge in [-0.1, -0.05) is 32.9 Å². The summed E-state index contributed by atoms with van der Waals surface area (Å²) < 4.78 is 13.5. The molecular weight excluding hydrogens is 265 g/mol. The Balaban J connectivity index is 2.66. The van der Waals surface area contributed by atoms with E-state index in [-0.39, 0.29) is 11.2 Å². The highest BCUT2D eigenvalue weighted by atomic mass is 19.1. The number of benzene rings is 1. The lowest BCUT2D eigenvalue weighted by Gasteiger charge is -2.21. The van der Waals surface area contributed by atoms with Crippen LogP contribution in [0.15, 0.2) is 24.3 Å². The lowest BCUT2D eigenvalue weighted by atomic mass is 9.94. The van der Waals surface area contributed by atoms with Gasteiger partial charge in [0.05, 0.1) is 5.69 Å².